The first-order chi connectivity index (χ1) is 11.8. The molecule has 0 unspecified atom stereocenters. The van der Waals surface area contributed by atoms with Crippen LogP contribution in [0, 0.1) is 0 Å². The lowest BCUT2D eigenvalue weighted by Gasteiger charge is -2.28. The fourth-order valence-corrected chi connectivity index (χ4v) is 2.80. The predicted molar refractivity (Wildman–Crippen MR) is 96.8 cm³/mol. The van der Waals surface area contributed by atoms with E-state index in [9.17, 15) is 4.79 Å². The number of morpholine rings is 1. The Hall–Kier alpha value is -2.53. The molecule has 0 bridgehead atoms. The first-order valence-corrected chi connectivity index (χ1v) is 8.23. The Kier molecular flexibility index (Phi) is 5.33. The third kappa shape index (κ3) is 3.86. The van der Waals surface area contributed by atoms with E-state index in [-0.39, 0.29) is 5.91 Å². The largest absolute Gasteiger partial charge is 0.378 e. The molecule has 3 rings (SSSR count). The molecular formula is C19H23N3O2. The quantitative estimate of drug-likeness (QED) is 0.918. The summed E-state index contributed by atoms with van der Waals surface area (Å²) in [6, 6.07) is 18.2. The van der Waals surface area contributed by atoms with Gasteiger partial charge in [0.2, 0.25) is 5.91 Å². The monoisotopic (exact) mass is 325 g/mol. The zero-order chi connectivity index (χ0) is 16.8. The molecule has 0 aromatic heterocycles. The van der Waals surface area contributed by atoms with Crippen LogP contribution in [-0.2, 0) is 9.53 Å². The van der Waals surface area contributed by atoms with E-state index < -0.39 is 0 Å². The first kappa shape index (κ1) is 16.3. The zero-order valence-corrected chi connectivity index (χ0v) is 13.9. The Morgan fingerprint density at radius 1 is 1.08 bits per heavy atom. The molecule has 5 heteroatoms. The molecule has 24 heavy (non-hydrogen) atoms. The molecule has 126 valence electrons. The van der Waals surface area contributed by atoms with Gasteiger partial charge in [0.1, 0.15) is 0 Å². The minimum Gasteiger partial charge on any atom is -0.378 e. The van der Waals surface area contributed by atoms with Crippen molar-refractivity contribution in [1.29, 1.82) is 0 Å². The third-order valence-corrected chi connectivity index (χ3v) is 4.20. The number of hydrogen-bond donors (Lipinski definition) is 1. The van der Waals surface area contributed by atoms with Gasteiger partial charge in [-0.2, -0.15) is 0 Å². The van der Waals surface area contributed by atoms with Gasteiger partial charge >= 0.3 is 0 Å². The van der Waals surface area contributed by atoms with E-state index in [1.807, 2.05) is 48.3 Å². The maximum absolute atomic E-state index is 12.3. The summed E-state index contributed by atoms with van der Waals surface area (Å²) in [5, 5.41) is 3.29. The number of anilines is 3. The van der Waals surface area contributed by atoms with Crippen LogP contribution in [-0.4, -0.2) is 50.7 Å². The summed E-state index contributed by atoms with van der Waals surface area (Å²) in [7, 11) is 2.03. The Balaban J connectivity index is 1.69. The van der Waals surface area contributed by atoms with E-state index in [4.69, 9.17) is 4.74 Å². The molecule has 0 saturated carbocycles. The molecule has 1 fully saturated rings. The summed E-state index contributed by atoms with van der Waals surface area (Å²) in [5.74, 6) is 0.107. The molecule has 5 nitrogen and oxygen atoms in total. The summed E-state index contributed by atoms with van der Waals surface area (Å²) in [6.07, 6.45) is 0. The second-order valence-electron chi connectivity index (χ2n) is 5.76. The highest BCUT2D eigenvalue weighted by Gasteiger charge is 2.17. The summed E-state index contributed by atoms with van der Waals surface area (Å²) < 4.78 is 5.29. The maximum atomic E-state index is 12.3. The number of amides is 1. The summed E-state index contributed by atoms with van der Waals surface area (Å²) >= 11 is 0. The second-order valence-corrected chi connectivity index (χ2v) is 5.76. The molecule has 0 radical (unpaired) electrons. The van der Waals surface area contributed by atoms with E-state index in [0.29, 0.717) is 32.8 Å². The summed E-state index contributed by atoms with van der Waals surface area (Å²) in [4.78, 5) is 16.3. The van der Waals surface area contributed by atoms with Gasteiger partial charge in [0.25, 0.3) is 0 Å². The number of carbonyl (C=O) groups is 1. The highest BCUT2D eigenvalue weighted by Crippen LogP contribution is 2.30. The van der Waals surface area contributed by atoms with Crippen molar-refractivity contribution in [3.8, 4) is 0 Å². The van der Waals surface area contributed by atoms with Crippen molar-refractivity contribution in [2.45, 2.75) is 0 Å². The highest BCUT2D eigenvalue weighted by molar-refractivity contribution is 5.84. The maximum Gasteiger partial charge on any atom is 0.242 e. The minimum absolute atomic E-state index is 0.107. The number of benzene rings is 2. The molecule has 2 aromatic carbocycles. The lowest BCUT2D eigenvalue weighted by Crippen LogP contribution is -2.43. The van der Waals surface area contributed by atoms with Gasteiger partial charge in [0.05, 0.1) is 31.1 Å². The van der Waals surface area contributed by atoms with E-state index >= 15 is 0 Å². The van der Waals surface area contributed by atoms with Crippen LogP contribution in [0.1, 0.15) is 0 Å². The number of nitrogens with zero attached hydrogens (tertiary/aromatic N) is 2. The molecule has 0 spiro atoms. The molecule has 1 N–H and O–H groups in total. The molecule has 0 atom stereocenters. The number of para-hydroxylation sites is 3. The summed E-state index contributed by atoms with van der Waals surface area (Å²) in [5.41, 5.74) is 3.09. The van der Waals surface area contributed by atoms with Crippen LogP contribution < -0.4 is 10.2 Å². The number of hydrogen-bond acceptors (Lipinski definition) is 4. The van der Waals surface area contributed by atoms with Gasteiger partial charge in [-0.1, -0.05) is 30.3 Å². The SMILES string of the molecule is CN(c1ccccc1)c1ccccc1NCC(=O)N1CCOCC1. The van der Waals surface area contributed by atoms with Crippen LogP contribution in [0.3, 0.4) is 0 Å². The standard InChI is InChI=1S/C19H23N3O2/c1-21(16-7-3-2-4-8-16)18-10-6-5-9-17(18)20-15-19(23)22-11-13-24-14-12-22/h2-10,20H,11-15H2,1H3. The molecule has 1 saturated heterocycles. The topological polar surface area (TPSA) is 44.8 Å². The van der Waals surface area contributed by atoms with Crippen molar-refractivity contribution in [3.05, 3.63) is 54.6 Å². The van der Waals surface area contributed by atoms with Gasteiger partial charge in [-0.25, -0.2) is 0 Å². The minimum atomic E-state index is 0.107. The van der Waals surface area contributed by atoms with Crippen molar-refractivity contribution in [2.24, 2.45) is 0 Å². The smallest absolute Gasteiger partial charge is 0.242 e. The highest BCUT2D eigenvalue weighted by atomic mass is 16.5. The second kappa shape index (κ2) is 7.84. The van der Waals surface area contributed by atoms with Crippen LogP contribution >= 0.6 is 0 Å². The molecule has 0 aliphatic carbocycles. The fraction of sp³-hybridized carbons (Fsp3) is 0.316. The number of ether oxygens (including phenoxy) is 1. The normalized spacial score (nSPS) is 14.3. The Morgan fingerprint density at radius 3 is 2.50 bits per heavy atom. The van der Waals surface area contributed by atoms with E-state index in [1.54, 1.807) is 0 Å². The summed E-state index contributed by atoms with van der Waals surface area (Å²) in [6.45, 7) is 2.88. The average Bonchev–Trinajstić information content (AvgIpc) is 2.67. The average molecular weight is 325 g/mol. The van der Waals surface area contributed by atoms with E-state index in [2.05, 4.69) is 28.4 Å². The van der Waals surface area contributed by atoms with Gasteiger partial charge in [0, 0.05) is 25.8 Å². The van der Waals surface area contributed by atoms with Gasteiger partial charge in [0.15, 0.2) is 0 Å². The first-order valence-electron chi connectivity index (χ1n) is 8.23. The Labute approximate surface area is 142 Å². The molecular weight excluding hydrogens is 302 g/mol. The van der Waals surface area contributed by atoms with Crippen molar-refractivity contribution in [1.82, 2.24) is 4.90 Å². The van der Waals surface area contributed by atoms with Gasteiger partial charge in [-0.15, -0.1) is 0 Å². The van der Waals surface area contributed by atoms with Crippen LogP contribution in [0.25, 0.3) is 0 Å². The van der Waals surface area contributed by atoms with E-state index in [0.717, 1.165) is 17.1 Å². The van der Waals surface area contributed by atoms with Gasteiger partial charge in [-0.3, -0.25) is 4.79 Å². The number of rotatable bonds is 5. The van der Waals surface area contributed by atoms with Crippen molar-refractivity contribution in [3.63, 3.8) is 0 Å². The third-order valence-electron chi connectivity index (χ3n) is 4.20. The van der Waals surface area contributed by atoms with Crippen LogP contribution in [0.4, 0.5) is 17.1 Å². The lowest BCUT2D eigenvalue weighted by molar-refractivity contribution is -0.133. The molecule has 1 aliphatic heterocycles. The number of carbonyl (C=O) groups excluding carboxylic acids is 1. The zero-order valence-electron chi connectivity index (χ0n) is 13.9. The molecule has 1 aliphatic rings. The van der Waals surface area contributed by atoms with Crippen molar-refractivity contribution < 1.29 is 9.53 Å². The van der Waals surface area contributed by atoms with Crippen LogP contribution in [0.15, 0.2) is 54.6 Å². The van der Waals surface area contributed by atoms with Crippen molar-refractivity contribution >= 4 is 23.0 Å². The van der Waals surface area contributed by atoms with Crippen molar-refractivity contribution in [2.75, 3.05) is 50.1 Å². The van der Waals surface area contributed by atoms with E-state index in [1.165, 1.54) is 0 Å². The van der Waals surface area contributed by atoms with Gasteiger partial charge in [-0.05, 0) is 24.3 Å². The fourth-order valence-electron chi connectivity index (χ4n) is 2.80. The number of nitrogens with one attached hydrogen (secondary N) is 1. The molecule has 1 heterocycles. The van der Waals surface area contributed by atoms with Gasteiger partial charge < -0.3 is 19.9 Å². The lowest BCUT2D eigenvalue weighted by atomic mass is 10.2. The Bertz CT molecular complexity index is 669. The molecule has 2 aromatic rings. The molecule has 1 amide bonds. The predicted octanol–water partition coefficient (Wildman–Crippen LogP) is 2.73. The van der Waals surface area contributed by atoms with Crippen LogP contribution in [0.2, 0.25) is 0 Å². The van der Waals surface area contributed by atoms with Crippen LogP contribution in [0.5, 0.6) is 0 Å². The Morgan fingerprint density at radius 2 is 1.75 bits per heavy atom.